The van der Waals surface area contributed by atoms with Gasteiger partial charge in [0, 0.05) is 6.54 Å². The first-order valence-corrected chi connectivity index (χ1v) is 6.20. The van der Waals surface area contributed by atoms with E-state index in [1.807, 2.05) is 13.8 Å². The fourth-order valence-corrected chi connectivity index (χ4v) is 1.98. The maximum Gasteiger partial charge on any atom is 0.264 e. The van der Waals surface area contributed by atoms with E-state index in [1.54, 1.807) is 0 Å². The first-order chi connectivity index (χ1) is 7.69. The van der Waals surface area contributed by atoms with Crippen LogP contribution in [0, 0.1) is 5.92 Å². The topological polar surface area (TPSA) is 75.1 Å². The molecular formula is C10H17N3O2S. The van der Waals surface area contributed by atoms with Gasteiger partial charge in [-0.05, 0) is 17.5 Å². The van der Waals surface area contributed by atoms with Crippen molar-refractivity contribution in [2.45, 2.75) is 32.8 Å². The minimum Gasteiger partial charge on any atom is -0.391 e. The molecule has 0 fully saturated rings. The summed E-state index contributed by atoms with van der Waals surface area (Å²) in [4.78, 5) is 12.0. The van der Waals surface area contributed by atoms with Crippen LogP contribution in [0.25, 0.3) is 0 Å². The molecule has 0 aliphatic rings. The Bertz CT molecular complexity index is 312. The molecule has 1 aromatic rings. The number of aromatic nitrogens is 2. The average molecular weight is 243 g/mol. The summed E-state index contributed by atoms with van der Waals surface area (Å²) in [6.45, 7) is 4.35. The minimum atomic E-state index is -0.486. The van der Waals surface area contributed by atoms with Crippen molar-refractivity contribution in [1.29, 1.82) is 0 Å². The molecule has 0 bridgehead atoms. The summed E-state index contributed by atoms with van der Waals surface area (Å²) in [5.41, 5.74) is 0. The number of aliphatic hydroxyl groups excluding tert-OH is 1. The molecule has 0 aliphatic heterocycles. The van der Waals surface area contributed by atoms with Crippen LogP contribution in [0.2, 0.25) is 0 Å². The third kappa shape index (κ3) is 3.53. The lowest BCUT2D eigenvalue weighted by Crippen LogP contribution is -2.35. The molecule has 1 unspecified atom stereocenters. The summed E-state index contributed by atoms with van der Waals surface area (Å²) in [7, 11) is 0. The third-order valence-corrected chi connectivity index (χ3v) is 3.31. The van der Waals surface area contributed by atoms with E-state index in [2.05, 4.69) is 14.9 Å². The van der Waals surface area contributed by atoms with Crippen molar-refractivity contribution >= 4 is 17.4 Å². The summed E-state index contributed by atoms with van der Waals surface area (Å²) in [6, 6.07) is 0. The third-order valence-electron chi connectivity index (χ3n) is 2.65. The molecule has 0 aliphatic carbocycles. The standard InChI is InChI=1S/C10H17N3O2S/c1-3-7(4-2)8(14)5-11-10(15)9-6-12-13-16-9/h6-8,14H,3-5H2,1-2H3,(H,11,15). The predicted molar refractivity (Wildman–Crippen MR) is 62.3 cm³/mol. The van der Waals surface area contributed by atoms with Crippen LogP contribution >= 0.6 is 11.5 Å². The number of amides is 1. The van der Waals surface area contributed by atoms with Gasteiger partial charge >= 0.3 is 0 Å². The SMILES string of the molecule is CCC(CC)C(O)CNC(=O)c1cnns1. The van der Waals surface area contributed by atoms with E-state index < -0.39 is 6.10 Å². The van der Waals surface area contributed by atoms with Crippen molar-refractivity contribution in [3.63, 3.8) is 0 Å². The lowest BCUT2D eigenvalue weighted by atomic mass is 9.96. The molecule has 0 saturated heterocycles. The molecule has 1 atom stereocenters. The van der Waals surface area contributed by atoms with Crippen LogP contribution in [-0.4, -0.2) is 33.2 Å². The lowest BCUT2D eigenvalue weighted by molar-refractivity contribution is 0.0819. The molecule has 1 rings (SSSR count). The monoisotopic (exact) mass is 243 g/mol. The second-order valence-corrected chi connectivity index (χ2v) is 4.42. The second kappa shape index (κ2) is 6.55. The first kappa shape index (κ1) is 13.1. The summed E-state index contributed by atoms with van der Waals surface area (Å²) in [5.74, 6) is 0.0138. The van der Waals surface area contributed by atoms with E-state index in [4.69, 9.17) is 0 Å². The predicted octanol–water partition coefficient (Wildman–Crippen LogP) is 1.06. The smallest absolute Gasteiger partial charge is 0.264 e. The van der Waals surface area contributed by atoms with Crippen molar-refractivity contribution in [3.8, 4) is 0 Å². The first-order valence-electron chi connectivity index (χ1n) is 5.42. The van der Waals surface area contributed by atoms with Crippen LogP contribution in [0.5, 0.6) is 0 Å². The highest BCUT2D eigenvalue weighted by Gasteiger charge is 2.17. The van der Waals surface area contributed by atoms with E-state index in [9.17, 15) is 9.90 Å². The number of rotatable bonds is 6. The fourth-order valence-electron chi connectivity index (χ4n) is 1.55. The van der Waals surface area contributed by atoms with E-state index in [-0.39, 0.29) is 18.4 Å². The zero-order chi connectivity index (χ0) is 12.0. The van der Waals surface area contributed by atoms with Gasteiger partial charge in [-0.1, -0.05) is 31.2 Å². The van der Waals surface area contributed by atoms with Crippen LogP contribution in [0.1, 0.15) is 36.4 Å². The Morgan fingerprint density at radius 2 is 2.25 bits per heavy atom. The highest BCUT2D eigenvalue weighted by atomic mass is 32.1. The highest BCUT2D eigenvalue weighted by molar-refractivity contribution is 7.07. The van der Waals surface area contributed by atoms with Crippen molar-refractivity contribution in [3.05, 3.63) is 11.1 Å². The zero-order valence-electron chi connectivity index (χ0n) is 9.51. The normalized spacial score (nSPS) is 12.8. The minimum absolute atomic E-state index is 0.222. The molecule has 2 N–H and O–H groups in total. The van der Waals surface area contributed by atoms with Crippen LogP contribution in [0.3, 0.4) is 0 Å². The van der Waals surface area contributed by atoms with Gasteiger partial charge < -0.3 is 10.4 Å². The van der Waals surface area contributed by atoms with Gasteiger partial charge in [-0.15, -0.1) is 5.10 Å². The Balaban J connectivity index is 2.37. The van der Waals surface area contributed by atoms with Gasteiger partial charge in [0.15, 0.2) is 0 Å². The number of hydrogen-bond acceptors (Lipinski definition) is 5. The second-order valence-electron chi connectivity index (χ2n) is 3.64. The molecule has 1 heterocycles. The van der Waals surface area contributed by atoms with Gasteiger partial charge in [0.05, 0.1) is 12.3 Å². The van der Waals surface area contributed by atoms with E-state index in [0.29, 0.717) is 4.88 Å². The number of carbonyl (C=O) groups is 1. The number of aliphatic hydroxyl groups is 1. The van der Waals surface area contributed by atoms with Gasteiger partial charge in [-0.25, -0.2) is 0 Å². The molecule has 6 heteroatoms. The van der Waals surface area contributed by atoms with Gasteiger partial charge in [0.2, 0.25) is 0 Å². The molecule has 0 aromatic carbocycles. The molecule has 90 valence electrons. The van der Waals surface area contributed by atoms with E-state index in [1.165, 1.54) is 6.20 Å². The van der Waals surface area contributed by atoms with Crippen molar-refractivity contribution < 1.29 is 9.90 Å². The van der Waals surface area contributed by atoms with Gasteiger partial charge in [-0.3, -0.25) is 4.79 Å². The Morgan fingerprint density at radius 3 is 2.75 bits per heavy atom. The average Bonchev–Trinajstić information content (AvgIpc) is 2.81. The summed E-state index contributed by atoms with van der Waals surface area (Å²) < 4.78 is 3.61. The van der Waals surface area contributed by atoms with Crippen LogP contribution < -0.4 is 5.32 Å². The zero-order valence-corrected chi connectivity index (χ0v) is 10.3. The molecule has 0 saturated carbocycles. The molecule has 0 radical (unpaired) electrons. The summed E-state index contributed by atoms with van der Waals surface area (Å²) >= 11 is 1.05. The fraction of sp³-hybridized carbons (Fsp3) is 0.700. The maximum absolute atomic E-state index is 11.5. The molecule has 1 amide bonds. The van der Waals surface area contributed by atoms with E-state index in [0.717, 1.165) is 24.4 Å². The number of carbonyl (C=O) groups excluding carboxylic acids is 1. The Morgan fingerprint density at radius 1 is 1.56 bits per heavy atom. The summed E-state index contributed by atoms with van der Waals surface area (Å²) in [5, 5.41) is 16.1. The quantitative estimate of drug-likeness (QED) is 0.783. The maximum atomic E-state index is 11.5. The molecule has 5 nitrogen and oxygen atoms in total. The van der Waals surface area contributed by atoms with Crippen LogP contribution in [0.4, 0.5) is 0 Å². The van der Waals surface area contributed by atoms with Crippen molar-refractivity contribution in [2.75, 3.05) is 6.54 Å². The molecular weight excluding hydrogens is 226 g/mol. The van der Waals surface area contributed by atoms with Gasteiger partial charge in [0.1, 0.15) is 4.88 Å². The van der Waals surface area contributed by atoms with Crippen molar-refractivity contribution in [1.82, 2.24) is 14.9 Å². The summed E-state index contributed by atoms with van der Waals surface area (Å²) in [6.07, 6.45) is 2.76. The van der Waals surface area contributed by atoms with Crippen LogP contribution in [-0.2, 0) is 0 Å². The molecule has 16 heavy (non-hydrogen) atoms. The highest BCUT2D eigenvalue weighted by Crippen LogP contribution is 2.12. The Hall–Kier alpha value is -1.01. The van der Waals surface area contributed by atoms with Crippen molar-refractivity contribution in [2.24, 2.45) is 5.92 Å². The molecule has 0 spiro atoms. The number of nitrogens with zero attached hydrogens (tertiary/aromatic N) is 2. The van der Waals surface area contributed by atoms with Crippen LogP contribution in [0.15, 0.2) is 6.20 Å². The number of nitrogens with one attached hydrogen (secondary N) is 1. The lowest BCUT2D eigenvalue weighted by Gasteiger charge is -2.19. The Labute approximate surface area is 99.0 Å². The van der Waals surface area contributed by atoms with Gasteiger partial charge in [0.25, 0.3) is 5.91 Å². The largest absolute Gasteiger partial charge is 0.391 e. The number of hydrogen-bond donors (Lipinski definition) is 2. The van der Waals surface area contributed by atoms with E-state index >= 15 is 0 Å². The van der Waals surface area contributed by atoms with Gasteiger partial charge in [-0.2, -0.15) is 0 Å². The Kier molecular flexibility index (Phi) is 5.34. The molecule has 1 aromatic heterocycles.